The monoisotopic (exact) mass is 370 g/mol. The predicted molar refractivity (Wildman–Crippen MR) is 103 cm³/mol. The summed E-state index contributed by atoms with van der Waals surface area (Å²) in [6.07, 6.45) is 4.12. The minimum atomic E-state index is -0.216. The molecule has 5 nitrogen and oxygen atoms in total. The number of halogens is 1. The number of rotatable bonds is 4. The Kier molecular flexibility index (Phi) is 6.16. The lowest BCUT2D eigenvalue weighted by atomic mass is 10.0. The molecule has 1 saturated heterocycles. The van der Waals surface area contributed by atoms with Crippen molar-refractivity contribution >= 4 is 5.91 Å². The summed E-state index contributed by atoms with van der Waals surface area (Å²) >= 11 is 0. The zero-order valence-corrected chi connectivity index (χ0v) is 16.2. The zero-order valence-electron chi connectivity index (χ0n) is 16.2. The number of hydrogen-bond acceptors (Lipinski definition) is 4. The average molecular weight is 370 g/mol. The zero-order chi connectivity index (χ0) is 19.4. The second kappa shape index (κ2) is 8.57. The molecule has 1 aromatic heterocycles. The standard InChI is InChI=1S/C21H27FN4O/c1-15(2)20-14-26(21(27)18-11-23-16(3)24-12-18)10-4-9-25(20)13-17-5-7-19(22)8-6-17/h5-8,11-12,15,20H,4,9-10,13-14H2,1-3H3. The first kappa shape index (κ1) is 19.4. The van der Waals surface area contributed by atoms with Crippen LogP contribution in [0.4, 0.5) is 4.39 Å². The molecule has 0 radical (unpaired) electrons. The van der Waals surface area contributed by atoms with Crippen LogP contribution in [0.5, 0.6) is 0 Å². The summed E-state index contributed by atoms with van der Waals surface area (Å²) < 4.78 is 13.2. The summed E-state index contributed by atoms with van der Waals surface area (Å²) in [6.45, 7) is 9.24. The molecule has 0 bridgehead atoms. The summed E-state index contributed by atoms with van der Waals surface area (Å²) in [6, 6.07) is 6.93. The van der Waals surface area contributed by atoms with Gasteiger partial charge in [-0.1, -0.05) is 26.0 Å². The molecular formula is C21H27FN4O. The summed E-state index contributed by atoms with van der Waals surface area (Å²) in [5.74, 6) is 0.831. The van der Waals surface area contributed by atoms with Gasteiger partial charge < -0.3 is 4.90 Å². The quantitative estimate of drug-likeness (QED) is 0.829. The van der Waals surface area contributed by atoms with E-state index in [9.17, 15) is 9.18 Å². The molecule has 1 aliphatic heterocycles. The second-order valence-electron chi connectivity index (χ2n) is 7.53. The van der Waals surface area contributed by atoms with E-state index < -0.39 is 0 Å². The van der Waals surface area contributed by atoms with Crippen molar-refractivity contribution in [2.24, 2.45) is 5.92 Å². The second-order valence-corrected chi connectivity index (χ2v) is 7.53. The third kappa shape index (κ3) is 4.89. The Bertz CT molecular complexity index is 761. The highest BCUT2D eigenvalue weighted by molar-refractivity contribution is 5.93. The minimum absolute atomic E-state index is 0.00992. The highest BCUT2D eigenvalue weighted by atomic mass is 19.1. The first-order valence-corrected chi connectivity index (χ1v) is 9.50. The van der Waals surface area contributed by atoms with Gasteiger partial charge in [-0.05, 0) is 37.0 Å². The molecule has 144 valence electrons. The summed E-state index contributed by atoms with van der Waals surface area (Å²) in [5, 5.41) is 0. The molecule has 1 fully saturated rings. The van der Waals surface area contributed by atoms with Crippen molar-refractivity contribution < 1.29 is 9.18 Å². The van der Waals surface area contributed by atoms with E-state index in [0.717, 1.165) is 31.6 Å². The Hall–Kier alpha value is -2.34. The molecule has 0 N–H and O–H groups in total. The maximum atomic E-state index is 13.2. The molecule has 1 amide bonds. The van der Waals surface area contributed by atoms with Crippen LogP contribution >= 0.6 is 0 Å². The Labute approximate surface area is 160 Å². The first-order chi connectivity index (χ1) is 12.9. The molecule has 1 atom stereocenters. The molecule has 3 rings (SSSR count). The average Bonchev–Trinajstić information content (AvgIpc) is 2.86. The molecule has 27 heavy (non-hydrogen) atoms. The van der Waals surface area contributed by atoms with Gasteiger partial charge in [-0.2, -0.15) is 0 Å². The van der Waals surface area contributed by atoms with Gasteiger partial charge in [0, 0.05) is 44.6 Å². The van der Waals surface area contributed by atoms with Crippen LogP contribution in [0.15, 0.2) is 36.7 Å². The van der Waals surface area contributed by atoms with E-state index in [1.165, 1.54) is 12.1 Å². The van der Waals surface area contributed by atoms with E-state index >= 15 is 0 Å². The van der Waals surface area contributed by atoms with Crippen LogP contribution < -0.4 is 0 Å². The predicted octanol–water partition coefficient (Wildman–Crippen LogP) is 3.30. The lowest BCUT2D eigenvalue weighted by Gasteiger charge is -2.34. The van der Waals surface area contributed by atoms with E-state index in [-0.39, 0.29) is 17.8 Å². The van der Waals surface area contributed by atoms with Gasteiger partial charge in [-0.3, -0.25) is 9.69 Å². The van der Waals surface area contributed by atoms with Crippen molar-refractivity contribution in [2.75, 3.05) is 19.6 Å². The molecule has 2 heterocycles. The fourth-order valence-electron chi connectivity index (χ4n) is 3.59. The maximum absolute atomic E-state index is 13.2. The van der Waals surface area contributed by atoms with Crippen LogP contribution in [0, 0.1) is 18.7 Å². The summed E-state index contributed by atoms with van der Waals surface area (Å²) in [7, 11) is 0. The number of benzene rings is 1. The van der Waals surface area contributed by atoms with Gasteiger partial charge in [0.05, 0.1) is 5.56 Å². The summed E-state index contributed by atoms with van der Waals surface area (Å²) in [4.78, 5) is 25.6. The van der Waals surface area contributed by atoms with Crippen molar-refractivity contribution in [1.82, 2.24) is 19.8 Å². The van der Waals surface area contributed by atoms with Crippen LogP contribution in [0.1, 0.15) is 42.0 Å². The highest BCUT2D eigenvalue weighted by Crippen LogP contribution is 2.21. The number of carbonyl (C=O) groups is 1. The van der Waals surface area contributed by atoms with Crippen molar-refractivity contribution in [2.45, 2.75) is 39.8 Å². The van der Waals surface area contributed by atoms with Gasteiger partial charge in [-0.15, -0.1) is 0 Å². The molecule has 1 unspecified atom stereocenters. The van der Waals surface area contributed by atoms with Gasteiger partial charge >= 0.3 is 0 Å². The smallest absolute Gasteiger partial charge is 0.257 e. The van der Waals surface area contributed by atoms with E-state index in [1.54, 1.807) is 12.4 Å². The lowest BCUT2D eigenvalue weighted by Crippen LogP contribution is -2.45. The fraction of sp³-hybridized carbons (Fsp3) is 0.476. The first-order valence-electron chi connectivity index (χ1n) is 9.50. The number of aromatic nitrogens is 2. The molecule has 0 aliphatic carbocycles. The van der Waals surface area contributed by atoms with Crippen molar-refractivity contribution in [1.29, 1.82) is 0 Å². The van der Waals surface area contributed by atoms with Crippen LogP contribution in [-0.4, -0.2) is 51.4 Å². The molecule has 1 aromatic carbocycles. The SMILES string of the molecule is Cc1ncc(C(=O)N2CCCN(Cc3ccc(F)cc3)C(C(C)C)C2)cn1. The van der Waals surface area contributed by atoms with Crippen LogP contribution in [0.2, 0.25) is 0 Å². The van der Waals surface area contributed by atoms with E-state index in [4.69, 9.17) is 0 Å². The Balaban J connectivity index is 1.75. The topological polar surface area (TPSA) is 49.3 Å². The minimum Gasteiger partial charge on any atom is -0.337 e. The third-order valence-electron chi connectivity index (χ3n) is 5.13. The number of nitrogens with zero attached hydrogens (tertiary/aromatic N) is 4. The van der Waals surface area contributed by atoms with E-state index in [0.29, 0.717) is 23.9 Å². The number of hydrogen-bond donors (Lipinski definition) is 0. The van der Waals surface area contributed by atoms with Crippen LogP contribution in [0.3, 0.4) is 0 Å². The van der Waals surface area contributed by atoms with Crippen molar-refractivity contribution in [3.8, 4) is 0 Å². The third-order valence-corrected chi connectivity index (χ3v) is 5.13. The lowest BCUT2D eigenvalue weighted by molar-refractivity contribution is 0.0701. The highest BCUT2D eigenvalue weighted by Gasteiger charge is 2.30. The molecule has 6 heteroatoms. The molecular weight excluding hydrogens is 343 g/mol. The molecule has 2 aromatic rings. The van der Waals surface area contributed by atoms with Crippen molar-refractivity contribution in [3.05, 3.63) is 59.4 Å². The Morgan fingerprint density at radius 3 is 2.48 bits per heavy atom. The van der Waals surface area contributed by atoms with Crippen LogP contribution in [0.25, 0.3) is 0 Å². The van der Waals surface area contributed by atoms with Crippen molar-refractivity contribution in [3.63, 3.8) is 0 Å². The van der Waals surface area contributed by atoms with Gasteiger partial charge in [0.2, 0.25) is 0 Å². The van der Waals surface area contributed by atoms with Gasteiger partial charge in [-0.25, -0.2) is 14.4 Å². The number of carbonyl (C=O) groups excluding carboxylic acids is 1. The Morgan fingerprint density at radius 2 is 1.85 bits per heavy atom. The molecule has 1 aliphatic rings. The molecule has 0 spiro atoms. The van der Waals surface area contributed by atoms with Gasteiger partial charge in [0.25, 0.3) is 5.91 Å². The maximum Gasteiger partial charge on any atom is 0.257 e. The fourth-order valence-corrected chi connectivity index (χ4v) is 3.59. The Morgan fingerprint density at radius 1 is 1.19 bits per heavy atom. The largest absolute Gasteiger partial charge is 0.337 e. The number of aryl methyl sites for hydroxylation is 1. The normalized spacial score (nSPS) is 18.6. The van der Waals surface area contributed by atoms with E-state index in [2.05, 4.69) is 28.7 Å². The van der Waals surface area contributed by atoms with Crippen LogP contribution in [-0.2, 0) is 6.54 Å². The van der Waals surface area contributed by atoms with Gasteiger partial charge in [0.1, 0.15) is 11.6 Å². The number of amides is 1. The molecule has 0 saturated carbocycles. The van der Waals surface area contributed by atoms with E-state index in [1.807, 2.05) is 24.0 Å². The summed E-state index contributed by atoms with van der Waals surface area (Å²) in [5.41, 5.74) is 1.63. The van der Waals surface area contributed by atoms with Gasteiger partial charge in [0.15, 0.2) is 0 Å².